The highest BCUT2D eigenvalue weighted by molar-refractivity contribution is 5.47. The maximum atomic E-state index is 4.20. The SMILES string of the molecule is CC[N+]1(C)C=NC(C)N1. The lowest BCUT2D eigenvalue weighted by atomic mass is 10.6. The van der Waals surface area contributed by atoms with Crippen LogP contribution in [0.1, 0.15) is 13.8 Å². The fourth-order valence-corrected chi connectivity index (χ4v) is 0.914. The number of nitrogens with zero attached hydrogens (tertiary/aromatic N) is 2. The van der Waals surface area contributed by atoms with E-state index in [-0.39, 0.29) is 6.17 Å². The van der Waals surface area contributed by atoms with Gasteiger partial charge in [0.2, 0.25) is 6.34 Å². The zero-order valence-corrected chi connectivity index (χ0v) is 6.26. The van der Waals surface area contributed by atoms with Crippen molar-refractivity contribution in [1.29, 1.82) is 0 Å². The van der Waals surface area contributed by atoms with Crippen molar-refractivity contribution >= 4 is 6.34 Å². The topological polar surface area (TPSA) is 24.4 Å². The van der Waals surface area contributed by atoms with Gasteiger partial charge >= 0.3 is 0 Å². The molecule has 0 radical (unpaired) electrons. The summed E-state index contributed by atoms with van der Waals surface area (Å²) in [5.41, 5.74) is 3.30. The van der Waals surface area contributed by atoms with E-state index in [1.54, 1.807) is 0 Å². The predicted molar refractivity (Wildman–Crippen MR) is 37.8 cm³/mol. The van der Waals surface area contributed by atoms with Gasteiger partial charge in [-0.3, -0.25) is 0 Å². The largest absolute Gasteiger partial charge is 0.216 e. The van der Waals surface area contributed by atoms with Crippen molar-refractivity contribution in [3.8, 4) is 0 Å². The van der Waals surface area contributed by atoms with Crippen molar-refractivity contribution in [2.45, 2.75) is 20.0 Å². The Labute approximate surface area is 55.9 Å². The van der Waals surface area contributed by atoms with Crippen LogP contribution in [-0.2, 0) is 0 Å². The second-order valence-electron chi connectivity index (χ2n) is 2.65. The van der Waals surface area contributed by atoms with Crippen LogP contribution in [0.15, 0.2) is 4.99 Å². The molecule has 0 saturated heterocycles. The summed E-state index contributed by atoms with van der Waals surface area (Å²) >= 11 is 0. The summed E-state index contributed by atoms with van der Waals surface area (Å²) in [4.78, 5) is 4.20. The van der Waals surface area contributed by atoms with Crippen LogP contribution >= 0.6 is 0 Å². The molecule has 1 aliphatic heterocycles. The minimum absolute atomic E-state index is 0.287. The highest BCUT2D eigenvalue weighted by Gasteiger charge is 2.25. The minimum atomic E-state index is 0.287. The molecular weight excluding hydrogens is 114 g/mol. The van der Waals surface area contributed by atoms with Gasteiger partial charge in [0.25, 0.3) is 0 Å². The van der Waals surface area contributed by atoms with Crippen molar-refractivity contribution in [2.75, 3.05) is 13.6 Å². The van der Waals surface area contributed by atoms with Crippen molar-refractivity contribution in [3.05, 3.63) is 0 Å². The molecule has 52 valence electrons. The number of nitrogens with one attached hydrogen (secondary N) is 1. The van der Waals surface area contributed by atoms with Crippen LogP contribution in [0.5, 0.6) is 0 Å². The Balaban J connectivity index is 2.57. The fourth-order valence-electron chi connectivity index (χ4n) is 0.914. The van der Waals surface area contributed by atoms with Crippen molar-refractivity contribution in [2.24, 2.45) is 4.99 Å². The van der Waals surface area contributed by atoms with Gasteiger partial charge in [-0.1, -0.05) is 0 Å². The Hall–Kier alpha value is -0.410. The molecule has 3 heteroatoms. The molecule has 1 rings (SSSR count). The lowest BCUT2D eigenvalue weighted by molar-refractivity contribution is -0.855. The van der Waals surface area contributed by atoms with E-state index >= 15 is 0 Å². The predicted octanol–water partition coefficient (Wildman–Crippen LogP) is 0.345. The Kier molecular flexibility index (Phi) is 1.55. The van der Waals surface area contributed by atoms with Crippen LogP contribution in [0.4, 0.5) is 0 Å². The summed E-state index contributed by atoms with van der Waals surface area (Å²) in [6.45, 7) is 5.24. The minimum Gasteiger partial charge on any atom is -0.216 e. The number of rotatable bonds is 1. The Morgan fingerprint density at radius 3 is 2.67 bits per heavy atom. The number of quaternary nitrogens is 1. The zero-order chi connectivity index (χ0) is 6.91. The van der Waals surface area contributed by atoms with E-state index < -0.39 is 0 Å². The third kappa shape index (κ3) is 1.28. The van der Waals surface area contributed by atoms with Gasteiger partial charge in [-0.25, -0.2) is 9.58 Å². The van der Waals surface area contributed by atoms with Crippen LogP contribution in [0.3, 0.4) is 0 Å². The summed E-state index contributed by atoms with van der Waals surface area (Å²) in [5, 5.41) is 0. The van der Waals surface area contributed by atoms with Crippen molar-refractivity contribution < 1.29 is 4.59 Å². The number of hydrogen-bond acceptors (Lipinski definition) is 2. The van der Waals surface area contributed by atoms with Crippen LogP contribution in [0.25, 0.3) is 0 Å². The van der Waals surface area contributed by atoms with Gasteiger partial charge < -0.3 is 0 Å². The highest BCUT2D eigenvalue weighted by Crippen LogP contribution is 2.02. The summed E-state index contributed by atoms with van der Waals surface area (Å²) in [7, 11) is 2.10. The normalized spacial score (nSPS) is 41.9. The first-order valence-corrected chi connectivity index (χ1v) is 3.33. The Morgan fingerprint density at radius 2 is 2.44 bits per heavy atom. The number of aliphatic imine (C=N–C) groups is 1. The molecule has 0 saturated carbocycles. The van der Waals surface area contributed by atoms with E-state index in [9.17, 15) is 0 Å². The Bertz CT molecular complexity index is 132. The van der Waals surface area contributed by atoms with E-state index in [0.717, 1.165) is 11.1 Å². The number of hydrogen-bond donors (Lipinski definition) is 1. The molecule has 0 bridgehead atoms. The van der Waals surface area contributed by atoms with E-state index in [4.69, 9.17) is 0 Å². The molecule has 3 nitrogen and oxygen atoms in total. The second-order valence-corrected chi connectivity index (χ2v) is 2.65. The van der Waals surface area contributed by atoms with Gasteiger partial charge in [-0.05, 0) is 13.8 Å². The smallest absolute Gasteiger partial charge is 0.206 e. The maximum absolute atomic E-state index is 4.20. The summed E-state index contributed by atoms with van der Waals surface area (Å²) < 4.78 is 0.765. The van der Waals surface area contributed by atoms with Crippen LogP contribution in [0.2, 0.25) is 0 Å². The van der Waals surface area contributed by atoms with E-state index in [0.29, 0.717) is 0 Å². The van der Waals surface area contributed by atoms with Gasteiger partial charge in [-0.2, -0.15) is 0 Å². The van der Waals surface area contributed by atoms with Gasteiger partial charge in [0.05, 0.1) is 13.6 Å². The second kappa shape index (κ2) is 2.08. The van der Waals surface area contributed by atoms with Crippen molar-refractivity contribution in [1.82, 2.24) is 5.43 Å². The van der Waals surface area contributed by atoms with E-state index in [2.05, 4.69) is 31.3 Å². The van der Waals surface area contributed by atoms with Gasteiger partial charge in [0.15, 0.2) is 0 Å². The molecule has 1 N–H and O–H groups in total. The Morgan fingerprint density at radius 1 is 1.78 bits per heavy atom. The fraction of sp³-hybridized carbons (Fsp3) is 0.833. The molecule has 2 unspecified atom stereocenters. The first kappa shape index (κ1) is 6.71. The van der Waals surface area contributed by atoms with Crippen LogP contribution < -0.4 is 5.43 Å². The maximum Gasteiger partial charge on any atom is 0.206 e. The first-order chi connectivity index (χ1) is 4.16. The molecule has 0 aromatic carbocycles. The molecule has 1 heterocycles. The zero-order valence-electron chi connectivity index (χ0n) is 6.26. The average molecular weight is 128 g/mol. The van der Waals surface area contributed by atoms with Gasteiger partial charge in [0.1, 0.15) is 6.17 Å². The summed E-state index contributed by atoms with van der Waals surface area (Å²) in [6.07, 6.45) is 2.24. The van der Waals surface area contributed by atoms with Crippen LogP contribution in [-0.4, -0.2) is 30.7 Å². The summed E-state index contributed by atoms with van der Waals surface area (Å²) in [6, 6.07) is 0. The molecule has 1 aliphatic rings. The quantitative estimate of drug-likeness (QED) is 0.506. The molecule has 0 fully saturated rings. The molecule has 0 spiro atoms. The molecule has 0 aromatic heterocycles. The first-order valence-electron chi connectivity index (χ1n) is 3.33. The van der Waals surface area contributed by atoms with Gasteiger partial charge in [-0.15, -0.1) is 5.43 Å². The van der Waals surface area contributed by atoms with Crippen molar-refractivity contribution in [3.63, 3.8) is 0 Å². The standard InChI is InChI=1S/C6H14N3/c1-4-9(3)5-7-6(2)8-9/h5-6,8H,4H2,1-3H3/q+1. The van der Waals surface area contributed by atoms with E-state index in [1.807, 2.05) is 6.34 Å². The third-order valence-corrected chi connectivity index (χ3v) is 1.68. The molecular formula is C6H14N3+. The average Bonchev–Trinajstić information content (AvgIpc) is 2.13. The molecule has 0 aliphatic carbocycles. The van der Waals surface area contributed by atoms with E-state index in [1.165, 1.54) is 0 Å². The monoisotopic (exact) mass is 128 g/mol. The molecule has 2 atom stereocenters. The lowest BCUT2D eigenvalue weighted by Crippen LogP contribution is -2.51. The molecule has 0 amide bonds. The molecule has 0 aromatic rings. The lowest BCUT2D eigenvalue weighted by Gasteiger charge is -2.22. The van der Waals surface area contributed by atoms with Gasteiger partial charge in [0, 0.05) is 0 Å². The summed E-state index contributed by atoms with van der Waals surface area (Å²) in [5.74, 6) is 0. The van der Waals surface area contributed by atoms with Crippen LogP contribution in [0, 0.1) is 0 Å². The third-order valence-electron chi connectivity index (χ3n) is 1.68. The highest BCUT2D eigenvalue weighted by atomic mass is 15.7. The molecule has 9 heavy (non-hydrogen) atoms.